The van der Waals surface area contributed by atoms with E-state index in [9.17, 15) is 9.59 Å². The lowest BCUT2D eigenvalue weighted by atomic mass is 10.2. The third-order valence-corrected chi connectivity index (χ3v) is 4.16. The summed E-state index contributed by atoms with van der Waals surface area (Å²) in [7, 11) is 0. The Morgan fingerprint density at radius 1 is 1.29 bits per heavy atom. The predicted molar refractivity (Wildman–Crippen MR) is 93.5 cm³/mol. The van der Waals surface area contributed by atoms with E-state index in [4.69, 9.17) is 12.2 Å². The number of halogens is 1. The molecule has 1 aromatic heterocycles. The van der Waals surface area contributed by atoms with Gasteiger partial charge in [0.2, 0.25) is 0 Å². The first-order chi connectivity index (χ1) is 9.82. The van der Waals surface area contributed by atoms with Gasteiger partial charge in [-0.1, -0.05) is 6.07 Å². The van der Waals surface area contributed by atoms with Crippen molar-refractivity contribution in [2.75, 3.05) is 0 Å². The number of carbonyl (C=O) groups is 1. The molecule has 0 unspecified atom stereocenters. The number of hydrogen-bond acceptors (Lipinski definition) is 3. The van der Waals surface area contributed by atoms with Crippen LogP contribution < -0.4 is 5.56 Å². The van der Waals surface area contributed by atoms with E-state index >= 15 is 0 Å². The molecule has 0 saturated heterocycles. The summed E-state index contributed by atoms with van der Waals surface area (Å²) in [5.74, 6) is -0.217. The van der Waals surface area contributed by atoms with Gasteiger partial charge in [0.1, 0.15) is 0 Å². The lowest BCUT2D eigenvalue weighted by Crippen LogP contribution is -2.30. The van der Waals surface area contributed by atoms with Crippen LogP contribution in [-0.4, -0.2) is 15.0 Å². The summed E-state index contributed by atoms with van der Waals surface area (Å²) < 4.78 is 4.08. The number of hydrogen-bond donors (Lipinski definition) is 0. The first-order valence-corrected chi connectivity index (χ1v) is 7.97. The van der Waals surface area contributed by atoms with Crippen LogP contribution in [0, 0.1) is 15.3 Å². The van der Waals surface area contributed by atoms with E-state index in [1.807, 2.05) is 26.0 Å². The zero-order valence-electron chi connectivity index (χ0n) is 12.0. The Hall–Kier alpha value is -1.28. The molecule has 110 valence electrons. The van der Waals surface area contributed by atoms with Gasteiger partial charge in [-0.2, -0.15) is 0 Å². The van der Waals surface area contributed by atoms with E-state index in [-0.39, 0.29) is 22.3 Å². The maximum absolute atomic E-state index is 12.7. The molecule has 1 heterocycles. The van der Waals surface area contributed by atoms with Crippen molar-refractivity contribution in [3.05, 3.63) is 60.3 Å². The number of aryl methyl sites for hydroxylation is 1. The minimum atomic E-state index is -0.217. The normalized spacial score (nSPS) is 10.9. The highest BCUT2D eigenvalue weighted by molar-refractivity contribution is 14.1. The topological polar surface area (TPSA) is 44.0 Å². The summed E-state index contributed by atoms with van der Waals surface area (Å²) in [6, 6.07) is 8.64. The Kier molecular flexibility index (Phi) is 4.77. The summed E-state index contributed by atoms with van der Waals surface area (Å²) in [5.41, 5.74) is 0.917. The zero-order valence-corrected chi connectivity index (χ0v) is 14.9. The Morgan fingerprint density at radius 3 is 2.52 bits per heavy atom. The quantitative estimate of drug-likeness (QED) is 0.558. The smallest absolute Gasteiger partial charge is 0.264 e. The molecule has 0 amide bonds. The van der Waals surface area contributed by atoms with Crippen LogP contribution in [0.4, 0.5) is 0 Å². The molecule has 0 fully saturated rings. The predicted octanol–water partition coefficient (Wildman–Crippen LogP) is 3.56. The maximum Gasteiger partial charge on any atom is 0.264 e. The van der Waals surface area contributed by atoms with E-state index in [0.29, 0.717) is 11.3 Å². The number of carbonyl (C=O) groups excluding carboxylic acids is 1. The van der Waals surface area contributed by atoms with Crippen molar-refractivity contribution in [1.82, 2.24) is 9.13 Å². The minimum absolute atomic E-state index is 0.0967. The molecule has 0 bridgehead atoms. The van der Waals surface area contributed by atoms with Gasteiger partial charge in [-0.25, -0.2) is 0 Å². The van der Waals surface area contributed by atoms with Gasteiger partial charge in [-0.05, 0) is 73.8 Å². The van der Waals surface area contributed by atoms with Crippen LogP contribution in [0.5, 0.6) is 0 Å². The average Bonchev–Trinajstić information content (AvgIpc) is 2.37. The van der Waals surface area contributed by atoms with Gasteiger partial charge in [-0.3, -0.25) is 18.7 Å². The van der Waals surface area contributed by atoms with Crippen molar-refractivity contribution in [1.29, 1.82) is 0 Å². The highest BCUT2D eigenvalue weighted by Gasteiger charge is 2.16. The van der Waals surface area contributed by atoms with E-state index < -0.39 is 0 Å². The lowest BCUT2D eigenvalue weighted by molar-refractivity contribution is 0.0952. The van der Waals surface area contributed by atoms with Crippen molar-refractivity contribution < 1.29 is 4.79 Å². The first kappa shape index (κ1) is 16.1. The highest BCUT2D eigenvalue weighted by Crippen LogP contribution is 2.12. The standard InChI is InChI=1S/C15H15IN2O2S/c1-9(2)17-13(19)7-10(3)18(15(17)21)14(20)11-5-4-6-12(16)8-11/h4-9H,1-3H3. The molecule has 2 aromatic rings. The number of aromatic nitrogens is 2. The maximum atomic E-state index is 12.7. The number of rotatable bonds is 2. The van der Waals surface area contributed by atoms with Crippen molar-refractivity contribution in [2.45, 2.75) is 26.8 Å². The molecule has 0 aliphatic heterocycles. The summed E-state index contributed by atoms with van der Waals surface area (Å²) >= 11 is 7.51. The molecule has 4 nitrogen and oxygen atoms in total. The van der Waals surface area contributed by atoms with Crippen molar-refractivity contribution >= 4 is 40.7 Å². The van der Waals surface area contributed by atoms with Crippen LogP contribution in [0.1, 0.15) is 35.9 Å². The zero-order chi connectivity index (χ0) is 15.7. The summed E-state index contributed by atoms with van der Waals surface area (Å²) in [5, 5.41) is 0. The second-order valence-corrected chi connectivity index (χ2v) is 6.63. The van der Waals surface area contributed by atoms with Crippen LogP contribution >= 0.6 is 34.8 Å². The van der Waals surface area contributed by atoms with Gasteiger partial charge < -0.3 is 0 Å². The van der Waals surface area contributed by atoms with E-state index in [1.54, 1.807) is 19.1 Å². The highest BCUT2D eigenvalue weighted by atomic mass is 127. The van der Waals surface area contributed by atoms with Gasteiger partial charge in [0.15, 0.2) is 4.77 Å². The SMILES string of the molecule is Cc1cc(=O)n(C(C)C)c(=S)n1C(=O)c1cccc(I)c1. The van der Waals surface area contributed by atoms with Gasteiger partial charge >= 0.3 is 0 Å². The molecule has 0 N–H and O–H groups in total. The van der Waals surface area contributed by atoms with Crippen LogP contribution in [-0.2, 0) is 0 Å². The average molecular weight is 414 g/mol. The third kappa shape index (κ3) is 3.16. The second-order valence-electron chi connectivity index (χ2n) is 5.02. The minimum Gasteiger partial charge on any atom is -0.282 e. The molecule has 0 aliphatic rings. The van der Waals surface area contributed by atoms with E-state index in [1.165, 1.54) is 15.2 Å². The molecule has 2 rings (SSSR count). The second kappa shape index (κ2) is 6.23. The first-order valence-electron chi connectivity index (χ1n) is 6.48. The molecular weight excluding hydrogens is 399 g/mol. The Labute approximate surface area is 141 Å². The number of benzene rings is 1. The van der Waals surface area contributed by atoms with Crippen LogP contribution in [0.3, 0.4) is 0 Å². The van der Waals surface area contributed by atoms with E-state index in [2.05, 4.69) is 22.6 Å². The summed E-state index contributed by atoms with van der Waals surface area (Å²) in [4.78, 5) is 24.7. The molecule has 0 saturated carbocycles. The van der Waals surface area contributed by atoms with Gasteiger partial charge in [0.05, 0.1) is 0 Å². The summed E-state index contributed by atoms with van der Waals surface area (Å²) in [6.07, 6.45) is 0. The van der Waals surface area contributed by atoms with Crippen molar-refractivity contribution in [3.63, 3.8) is 0 Å². The van der Waals surface area contributed by atoms with E-state index in [0.717, 1.165) is 3.57 Å². The van der Waals surface area contributed by atoms with Crippen molar-refractivity contribution in [3.8, 4) is 0 Å². The largest absolute Gasteiger partial charge is 0.282 e. The third-order valence-electron chi connectivity index (χ3n) is 3.11. The molecular formula is C15H15IN2O2S. The Morgan fingerprint density at radius 2 is 1.95 bits per heavy atom. The molecule has 1 aromatic carbocycles. The van der Waals surface area contributed by atoms with Crippen molar-refractivity contribution in [2.24, 2.45) is 0 Å². The molecule has 6 heteroatoms. The Bertz CT molecular complexity index is 821. The van der Waals surface area contributed by atoms with Crippen LogP contribution in [0.15, 0.2) is 35.1 Å². The monoisotopic (exact) mass is 414 g/mol. The molecule has 0 aliphatic carbocycles. The fourth-order valence-corrected chi connectivity index (χ4v) is 3.21. The number of nitrogens with zero attached hydrogens (tertiary/aromatic N) is 2. The van der Waals surface area contributed by atoms with Gasteiger partial charge in [0.25, 0.3) is 11.5 Å². The van der Waals surface area contributed by atoms with Gasteiger partial charge in [-0.15, -0.1) is 0 Å². The van der Waals surface area contributed by atoms with Crippen LogP contribution in [0.25, 0.3) is 0 Å². The fraction of sp³-hybridized carbons (Fsp3) is 0.267. The lowest BCUT2D eigenvalue weighted by Gasteiger charge is -2.16. The molecule has 0 radical (unpaired) electrons. The summed E-state index contributed by atoms with van der Waals surface area (Å²) in [6.45, 7) is 5.45. The molecule has 0 atom stereocenters. The Balaban J connectivity index is 2.70. The van der Waals surface area contributed by atoms with Gasteiger partial charge in [0, 0.05) is 26.9 Å². The fourth-order valence-electron chi connectivity index (χ4n) is 2.14. The molecule has 21 heavy (non-hydrogen) atoms. The van der Waals surface area contributed by atoms with Crippen LogP contribution in [0.2, 0.25) is 0 Å². The molecule has 0 spiro atoms.